The maximum atomic E-state index is 12.6. The maximum absolute atomic E-state index is 12.6. The van der Waals surface area contributed by atoms with Gasteiger partial charge in [0.05, 0.1) is 16.1 Å². The van der Waals surface area contributed by atoms with Crippen molar-refractivity contribution in [2.45, 2.75) is 30.8 Å². The van der Waals surface area contributed by atoms with Crippen molar-refractivity contribution in [1.82, 2.24) is 4.31 Å². The number of hydrogen-bond donors (Lipinski definition) is 2. The molecule has 0 aromatic heterocycles. The highest BCUT2D eigenvalue weighted by Gasteiger charge is 2.46. The summed E-state index contributed by atoms with van der Waals surface area (Å²) in [6.07, 6.45) is 0.467. The van der Waals surface area contributed by atoms with E-state index in [-0.39, 0.29) is 23.5 Å². The van der Waals surface area contributed by atoms with Gasteiger partial charge in [-0.15, -0.1) is 0 Å². The highest BCUT2D eigenvalue weighted by atomic mass is 79.9. The van der Waals surface area contributed by atoms with E-state index in [0.29, 0.717) is 16.5 Å². The average Bonchev–Trinajstić information content (AvgIpc) is 2.37. The number of aromatic carboxylic acids is 1. The Kier molecular flexibility index (Phi) is 4.18. The Morgan fingerprint density at radius 2 is 2.00 bits per heavy atom. The Hall–Kier alpha value is -0.960. The zero-order chi connectivity index (χ0) is 16.0. The molecule has 2 rings (SSSR count). The summed E-state index contributed by atoms with van der Waals surface area (Å²) in [5.74, 6) is -1.18. The number of nitrogens with zero attached hydrogens (tertiary/aromatic N) is 1. The summed E-state index contributed by atoms with van der Waals surface area (Å²) in [5, 5.41) is 19.0. The quantitative estimate of drug-likeness (QED) is 0.830. The second kappa shape index (κ2) is 5.35. The lowest BCUT2D eigenvalue weighted by atomic mass is 9.94. The summed E-state index contributed by atoms with van der Waals surface area (Å²) in [6, 6.07) is 2.54. The summed E-state index contributed by atoms with van der Waals surface area (Å²) < 4.78 is 26.6. The van der Waals surface area contributed by atoms with Crippen LogP contribution in [-0.4, -0.2) is 47.6 Å². The monoisotopic (exact) mass is 377 g/mol. The smallest absolute Gasteiger partial charge is 0.335 e. The number of halogens is 1. The summed E-state index contributed by atoms with van der Waals surface area (Å²) in [5.41, 5.74) is -0.542. The van der Waals surface area contributed by atoms with E-state index < -0.39 is 21.6 Å². The van der Waals surface area contributed by atoms with E-state index in [1.165, 1.54) is 6.07 Å². The van der Waals surface area contributed by atoms with Gasteiger partial charge in [0.1, 0.15) is 0 Å². The van der Waals surface area contributed by atoms with Crippen molar-refractivity contribution in [2.75, 3.05) is 13.1 Å². The number of β-amino-alcohol motifs (C(OH)–C–C–N with tert-alkyl or cyclic N) is 1. The van der Waals surface area contributed by atoms with E-state index in [1.54, 1.807) is 13.8 Å². The van der Waals surface area contributed by atoms with Gasteiger partial charge >= 0.3 is 5.97 Å². The molecule has 0 atom stereocenters. The molecule has 116 valence electrons. The maximum Gasteiger partial charge on any atom is 0.335 e. The highest BCUT2D eigenvalue weighted by Crippen LogP contribution is 2.35. The Labute approximate surface area is 131 Å². The largest absolute Gasteiger partial charge is 0.478 e. The van der Waals surface area contributed by atoms with Gasteiger partial charge in [-0.25, -0.2) is 13.2 Å². The number of hydrogen-bond acceptors (Lipinski definition) is 4. The fraction of sp³-hybridized carbons (Fsp3) is 0.462. The fourth-order valence-electron chi connectivity index (χ4n) is 2.19. The van der Waals surface area contributed by atoms with Gasteiger partial charge in [0.15, 0.2) is 0 Å². The van der Waals surface area contributed by atoms with E-state index in [0.717, 1.165) is 10.4 Å². The first-order chi connectivity index (χ1) is 9.60. The van der Waals surface area contributed by atoms with E-state index in [9.17, 15) is 18.3 Å². The molecule has 1 saturated heterocycles. The molecule has 1 aliphatic rings. The molecule has 1 heterocycles. The Balaban J connectivity index is 2.44. The van der Waals surface area contributed by atoms with Crippen LogP contribution in [0.2, 0.25) is 0 Å². The van der Waals surface area contributed by atoms with Gasteiger partial charge in [-0.05, 0) is 47.0 Å². The van der Waals surface area contributed by atoms with E-state index in [4.69, 9.17) is 5.11 Å². The molecule has 0 saturated carbocycles. The molecule has 0 aliphatic carbocycles. The molecule has 0 amide bonds. The number of benzene rings is 1. The summed E-state index contributed by atoms with van der Waals surface area (Å²) in [7, 11) is -3.83. The molecule has 1 fully saturated rings. The normalized spacial score (nSPS) is 18.3. The number of sulfonamides is 1. The minimum Gasteiger partial charge on any atom is -0.478 e. The molecule has 0 spiro atoms. The number of rotatable bonds is 4. The van der Waals surface area contributed by atoms with Crippen LogP contribution in [0, 0.1) is 6.92 Å². The third kappa shape index (κ3) is 2.85. The van der Waals surface area contributed by atoms with Gasteiger partial charge in [0, 0.05) is 17.6 Å². The Morgan fingerprint density at radius 1 is 1.43 bits per heavy atom. The summed E-state index contributed by atoms with van der Waals surface area (Å²) in [6.45, 7) is 3.46. The lowest BCUT2D eigenvalue weighted by Gasteiger charge is -2.45. The predicted octanol–water partition coefficient (Wildman–Crippen LogP) is 1.60. The molecular formula is C13H16BrNO5S. The summed E-state index contributed by atoms with van der Waals surface area (Å²) >= 11 is 3.21. The lowest BCUT2D eigenvalue weighted by Crippen LogP contribution is -2.62. The SMILES string of the molecule is CCC1(O)CN(S(=O)(=O)c2cc(C(=O)O)cc(C)c2Br)C1. The van der Waals surface area contributed by atoms with Gasteiger partial charge < -0.3 is 10.2 Å². The lowest BCUT2D eigenvalue weighted by molar-refractivity contribution is -0.0613. The first-order valence-corrected chi connectivity index (χ1v) is 8.60. The van der Waals surface area contributed by atoms with Gasteiger partial charge in [-0.2, -0.15) is 4.31 Å². The van der Waals surface area contributed by atoms with Crippen molar-refractivity contribution in [2.24, 2.45) is 0 Å². The first kappa shape index (κ1) is 16.4. The molecule has 21 heavy (non-hydrogen) atoms. The van der Waals surface area contributed by atoms with Crippen LogP contribution in [0.4, 0.5) is 0 Å². The van der Waals surface area contributed by atoms with Crippen molar-refractivity contribution < 1.29 is 23.4 Å². The minimum atomic E-state index is -3.83. The van der Waals surface area contributed by atoms with Crippen LogP contribution < -0.4 is 0 Å². The van der Waals surface area contributed by atoms with Crippen LogP contribution in [0.25, 0.3) is 0 Å². The number of carboxylic acids is 1. The zero-order valence-electron chi connectivity index (χ0n) is 11.6. The van der Waals surface area contributed by atoms with Gasteiger partial charge in [0.2, 0.25) is 10.0 Å². The Bertz CT molecular complexity index is 695. The van der Waals surface area contributed by atoms with Crippen molar-refractivity contribution in [3.8, 4) is 0 Å². The summed E-state index contributed by atoms with van der Waals surface area (Å²) in [4.78, 5) is 11.0. The second-order valence-electron chi connectivity index (χ2n) is 5.26. The van der Waals surface area contributed by atoms with Gasteiger partial charge in [-0.1, -0.05) is 6.92 Å². The molecule has 1 aromatic carbocycles. The molecule has 0 bridgehead atoms. The van der Waals surface area contributed by atoms with Gasteiger partial charge in [0.25, 0.3) is 0 Å². The average molecular weight is 378 g/mol. The van der Waals surface area contributed by atoms with Crippen LogP contribution in [0.5, 0.6) is 0 Å². The van der Waals surface area contributed by atoms with Crippen LogP contribution >= 0.6 is 15.9 Å². The van der Waals surface area contributed by atoms with Gasteiger partial charge in [-0.3, -0.25) is 0 Å². The Morgan fingerprint density at radius 3 is 2.48 bits per heavy atom. The van der Waals surface area contributed by atoms with E-state index in [1.807, 2.05) is 0 Å². The van der Waals surface area contributed by atoms with Crippen LogP contribution in [0.3, 0.4) is 0 Å². The second-order valence-corrected chi connectivity index (χ2v) is 7.96. The molecule has 0 radical (unpaired) electrons. The number of carboxylic acid groups (broad SMARTS) is 1. The topological polar surface area (TPSA) is 94.9 Å². The van der Waals surface area contributed by atoms with Crippen LogP contribution in [-0.2, 0) is 10.0 Å². The van der Waals surface area contributed by atoms with Crippen molar-refractivity contribution in [3.05, 3.63) is 27.7 Å². The number of carbonyl (C=O) groups is 1. The number of aliphatic hydroxyl groups is 1. The zero-order valence-corrected chi connectivity index (χ0v) is 14.0. The first-order valence-electron chi connectivity index (χ1n) is 6.37. The number of aryl methyl sites for hydroxylation is 1. The standard InChI is InChI=1S/C13H16BrNO5S/c1-3-13(18)6-15(7-13)21(19,20)10-5-9(12(16)17)4-8(2)11(10)14/h4-5,18H,3,6-7H2,1-2H3,(H,16,17). The van der Waals surface area contributed by atoms with E-state index in [2.05, 4.69) is 15.9 Å². The van der Waals surface area contributed by atoms with Crippen molar-refractivity contribution in [1.29, 1.82) is 0 Å². The highest BCUT2D eigenvalue weighted by molar-refractivity contribution is 9.10. The predicted molar refractivity (Wildman–Crippen MR) is 79.8 cm³/mol. The molecular weight excluding hydrogens is 362 g/mol. The minimum absolute atomic E-state index is 0.0224. The third-order valence-corrected chi connectivity index (χ3v) is 6.82. The third-order valence-electron chi connectivity index (χ3n) is 3.69. The van der Waals surface area contributed by atoms with Crippen molar-refractivity contribution in [3.63, 3.8) is 0 Å². The van der Waals surface area contributed by atoms with Crippen LogP contribution in [0.1, 0.15) is 29.3 Å². The molecule has 8 heteroatoms. The molecule has 6 nitrogen and oxygen atoms in total. The molecule has 1 aromatic rings. The van der Waals surface area contributed by atoms with E-state index >= 15 is 0 Å². The van der Waals surface area contributed by atoms with Crippen molar-refractivity contribution >= 4 is 31.9 Å². The molecule has 2 N–H and O–H groups in total. The molecule has 0 unspecified atom stereocenters. The fourth-order valence-corrected chi connectivity index (χ4v) is 4.80. The molecule has 1 aliphatic heterocycles. The van der Waals surface area contributed by atoms with Crippen LogP contribution in [0.15, 0.2) is 21.5 Å².